The van der Waals surface area contributed by atoms with Crippen LogP contribution in [0.2, 0.25) is 0 Å². The van der Waals surface area contributed by atoms with Crippen LogP contribution in [0.5, 0.6) is 5.75 Å². The van der Waals surface area contributed by atoms with Crippen LogP contribution >= 0.6 is 27.7 Å². The zero-order valence-corrected chi connectivity index (χ0v) is 13.7. The number of rotatable bonds is 3. The highest BCUT2D eigenvalue weighted by Crippen LogP contribution is 2.46. The molecule has 0 radical (unpaired) electrons. The Morgan fingerprint density at radius 1 is 1.44 bits per heavy atom. The van der Waals surface area contributed by atoms with E-state index in [2.05, 4.69) is 47.2 Å². The Bertz CT molecular complexity index is 436. The number of nitrogens with one attached hydrogen (secondary N) is 1. The number of benzene rings is 1. The summed E-state index contributed by atoms with van der Waals surface area (Å²) in [6.45, 7) is 4.58. The topological polar surface area (TPSA) is 21.3 Å². The molecule has 0 saturated heterocycles. The number of halogens is 1. The fourth-order valence-electron chi connectivity index (χ4n) is 2.61. The number of ether oxygens (including phenoxy) is 1. The third-order valence-corrected chi connectivity index (χ3v) is 5.91. The van der Waals surface area contributed by atoms with Gasteiger partial charge in [0.25, 0.3) is 0 Å². The summed E-state index contributed by atoms with van der Waals surface area (Å²) in [4.78, 5) is 0. The van der Waals surface area contributed by atoms with Crippen LogP contribution in [0.1, 0.15) is 31.0 Å². The predicted molar refractivity (Wildman–Crippen MR) is 82.4 cm³/mol. The van der Waals surface area contributed by atoms with Crippen LogP contribution in [0.3, 0.4) is 0 Å². The summed E-state index contributed by atoms with van der Waals surface area (Å²) in [5.74, 6) is 2.69. The number of hydrogen-bond donors (Lipinski definition) is 1. The predicted octanol–water partition coefficient (Wildman–Crippen LogP) is 3.99. The van der Waals surface area contributed by atoms with Crippen molar-refractivity contribution in [1.82, 2.24) is 5.32 Å². The Kier molecular flexibility index (Phi) is 4.62. The maximum Gasteiger partial charge on any atom is 0.124 e. The molecule has 0 amide bonds. The van der Waals surface area contributed by atoms with Crippen molar-refractivity contribution >= 4 is 27.7 Å². The van der Waals surface area contributed by atoms with Gasteiger partial charge in [-0.2, -0.15) is 11.8 Å². The van der Waals surface area contributed by atoms with E-state index in [1.165, 1.54) is 15.6 Å². The highest BCUT2D eigenvalue weighted by Gasteiger charge is 2.34. The number of hydrogen-bond acceptors (Lipinski definition) is 3. The van der Waals surface area contributed by atoms with E-state index in [1.807, 2.05) is 18.8 Å². The van der Waals surface area contributed by atoms with E-state index in [0.717, 1.165) is 11.5 Å². The molecule has 4 heteroatoms. The van der Waals surface area contributed by atoms with Crippen molar-refractivity contribution in [2.24, 2.45) is 5.92 Å². The third kappa shape index (κ3) is 2.43. The lowest BCUT2D eigenvalue weighted by Gasteiger charge is -2.36. The van der Waals surface area contributed by atoms with Crippen molar-refractivity contribution in [3.63, 3.8) is 0 Å². The number of fused-ring (bicyclic) bond motifs is 1. The summed E-state index contributed by atoms with van der Waals surface area (Å²) < 4.78 is 6.75. The first-order valence-electron chi connectivity index (χ1n) is 6.24. The van der Waals surface area contributed by atoms with Crippen LogP contribution in [-0.2, 0) is 5.75 Å². The molecular weight excluding hydrogens is 310 g/mol. The van der Waals surface area contributed by atoms with Crippen LogP contribution in [0.15, 0.2) is 16.6 Å². The number of methoxy groups -OCH3 is 1. The first kappa shape index (κ1) is 14.2. The zero-order chi connectivity index (χ0) is 13.3. The van der Waals surface area contributed by atoms with Crippen LogP contribution in [-0.4, -0.2) is 19.4 Å². The summed E-state index contributed by atoms with van der Waals surface area (Å²) in [6, 6.07) is 4.49. The van der Waals surface area contributed by atoms with E-state index in [1.54, 1.807) is 7.11 Å². The van der Waals surface area contributed by atoms with Crippen molar-refractivity contribution in [2.75, 3.05) is 14.2 Å². The van der Waals surface area contributed by atoms with Crippen LogP contribution in [0.25, 0.3) is 0 Å². The normalized spacial score (nSPS) is 23.0. The second-order valence-electron chi connectivity index (χ2n) is 4.93. The average molecular weight is 330 g/mol. The molecule has 0 spiro atoms. The first-order chi connectivity index (χ1) is 8.60. The van der Waals surface area contributed by atoms with Gasteiger partial charge in [0.15, 0.2) is 0 Å². The van der Waals surface area contributed by atoms with Gasteiger partial charge in [0.1, 0.15) is 5.75 Å². The highest BCUT2D eigenvalue weighted by atomic mass is 79.9. The number of thioether (sulfide) groups is 1. The van der Waals surface area contributed by atoms with E-state index in [0.29, 0.717) is 17.2 Å². The van der Waals surface area contributed by atoms with Gasteiger partial charge in [-0.3, -0.25) is 0 Å². The highest BCUT2D eigenvalue weighted by molar-refractivity contribution is 9.10. The smallest absolute Gasteiger partial charge is 0.124 e. The molecule has 2 atom stereocenters. The molecule has 0 fully saturated rings. The van der Waals surface area contributed by atoms with Crippen LogP contribution < -0.4 is 10.1 Å². The minimum atomic E-state index is 0.353. The van der Waals surface area contributed by atoms with Gasteiger partial charge in [-0.05, 0) is 30.7 Å². The van der Waals surface area contributed by atoms with E-state index < -0.39 is 0 Å². The molecular formula is C14H20BrNOS. The Morgan fingerprint density at radius 3 is 2.72 bits per heavy atom. The second kappa shape index (κ2) is 5.85. The molecule has 0 aliphatic carbocycles. The Labute approximate surface area is 122 Å². The Hall–Kier alpha value is -0.190. The molecule has 2 rings (SSSR count). The van der Waals surface area contributed by atoms with Crippen LogP contribution in [0, 0.1) is 5.92 Å². The lowest BCUT2D eigenvalue weighted by Crippen LogP contribution is -2.34. The molecule has 1 heterocycles. The third-order valence-electron chi connectivity index (χ3n) is 3.51. The lowest BCUT2D eigenvalue weighted by atomic mass is 9.92. The fourth-order valence-corrected chi connectivity index (χ4v) is 4.80. The summed E-state index contributed by atoms with van der Waals surface area (Å²) in [5, 5.41) is 4.06. The standard InChI is InChI=1S/C14H20BrNOS/c1-8(2)14-13(16-3)12-9(7-18-14)10(15)5-6-11(12)17-4/h5-6,8,13-14,16H,7H2,1-4H3. The Balaban J connectivity index is 2.53. The maximum atomic E-state index is 5.56. The van der Waals surface area contributed by atoms with Crippen molar-refractivity contribution in [1.29, 1.82) is 0 Å². The van der Waals surface area contributed by atoms with Crippen molar-refractivity contribution in [2.45, 2.75) is 30.9 Å². The molecule has 18 heavy (non-hydrogen) atoms. The molecule has 2 unspecified atom stereocenters. The SMILES string of the molecule is CNC1c2c(OC)ccc(Br)c2CSC1C(C)C. The van der Waals surface area contributed by atoms with Gasteiger partial charge in [0.05, 0.1) is 7.11 Å². The maximum absolute atomic E-state index is 5.56. The van der Waals surface area contributed by atoms with Gasteiger partial charge in [-0.15, -0.1) is 0 Å². The van der Waals surface area contributed by atoms with Gasteiger partial charge in [-0.25, -0.2) is 0 Å². The van der Waals surface area contributed by atoms with Crippen molar-refractivity contribution < 1.29 is 4.74 Å². The van der Waals surface area contributed by atoms with Gasteiger partial charge in [0.2, 0.25) is 0 Å². The molecule has 1 aliphatic rings. The van der Waals surface area contributed by atoms with Gasteiger partial charge in [0, 0.05) is 27.1 Å². The molecule has 1 N–H and O–H groups in total. The quantitative estimate of drug-likeness (QED) is 0.905. The van der Waals surface area contributed by atoms with Crippen molar-refractivity contribution in [3.8, 4) is 5.75 Å². The van der Waals surface area contributed by atoms with Crippen LogP contribution in [0.4, 0.5) is 0 Å². The summed E-state index contributed by atoms with van der Waals surface area (Å²) in [6.07, 6.45) is 0. The Morgan fingerprint density at radius 2 is 2.17 bits per heavy atom. The molecule has 0 saturated carbocycles. The minimum Gasteiger partial charge on any atom is -0.496 e. The molecule has 1 aliphatic heterocycles. The monoisotopic (exact) mass is 329 g/mol. The zero-order valence-electron chi connectivity index (χ0n) is 11.3. The minimum absolute atomic E-state index is 0.353. The second-order valence-corrected chi connectivity index (χ2v) is 6.95. The molecule has 0 aromatic heterocycles. The first-order valence-corrected chi connectivity index (χ1v) is 8.08. The molecule has 0 bridgehead atoms. The molecule has 100 valence electrons. The molecule has 1 aromatic rings. The van der Waals surface area contributed by atoms with Crippen molar-refractivity contribution in [3.05, 3.63) is 27.7 Å². The molecule has 2 nitrogen and oxygen atoms in total. The van der Waals surface area contributed by atoms with E-state index in [4.69, 9.17) is 4.74 Å². The summed E-state index contributed by atoms with van der Waals surface area (Å²) >= 11 is 5.69. The van der Waals surface area contributed by atoms with E-state index >= 15 is 0 Å². The summed E-state index contributed by atoms with van der Waals surface area (Å²) in [7, 11) is 3.79. The van der Waals surface area contributed by atoms with E-state index in [9.17, 15) is 0 Å². The molecule has 1 aromatic carbocycles. The van der Waals surface area contributed by atoms with Gasteiger partial charge >= 0.3 is 0 Å². The lowest BCUT2D eigenvalue weighted by molar-refractivity contribution is 0.389. The average Bonchev–Trinajstić information content (AvgIpc) is 2.37. The van der Waals surface area contributed by atoms with E-state index in [-0.39, 0.29) is 0 Å². The van der Waals surface area contributed by atoms with Gasteiger partial charge in [-0.1, -0.05) is 29.8 Å². The fraction of sp³-hybridized carbons (Fsp3) is 0.571. The van der Waals surface area contributed by atoms with Gasteiger partial charge < -0.3 is 10.1 Å². The summed E-state index contributed by atoms with van der Waals surface area (Å²) in [5.41, 5.74) is 2.70. The largest absolute Gasteiger partial charge is 0.496 e.